The number of rotatable bonds is 5. The minimum atomic E-state index is -3.42. The molecule has 1 N–H and O–H groups in total. The predicted octanol–water partition coefficient (Wildman–Crippen LogP) is 3.77. The maximum Gasteiger partial charge on any atom is 0.498 e. The zero-order valence-corrected chi connectivity index (χ0v) is 18.8. The number of sulfonamides is 1. The van der Waals surface area contributed by atoms with Crippen LogP contribution in [0.5, 0.6) is 11.5 Å². The van der Waals surface area contributed by atoms with Crippen LogP contribution in [0.2, 0.25) is 0 Å². The molecule has 0 aliphatic carbocycles. The summed E-state index contributed by atoms with van der Waals surface area (Å²) in [5, 5.41) is 0. The van der Waals surface area contributed by atoms with Gasteiger partial charge in [0.15, 0.2) is 0 Å². The van der Waals surface area contributed by atoms with Crippen molar-refractivity contribution in [3.8, 4) is 11.5 Å². The van der Waals surface area contributed by atoms with Crippen molar-refractivity contribution in [1.82, 2.24) is 0 Å². The fourth-order valence-corrected chi connectivity index (χ4v) is 3.70. The van der Waals surface area contributed by atoms with Crippen LogP contribution in [0.15, 0.2) is 36.4 Å². The molecule has 156 valence electrons. The first-order valence-corrected chi connectivity index (χ1v) is 11.4. The molecular formula is C21H28BNO5S. The van der Waals surface area contributed by atoms with Gasteiger partial charge < -0.3 is 14.0 Å². The van der Waals surface area contributed by atoms with Gasteiger partial charge in [-0.15, -0.1) is 0 Å². The molecule has 1 fully saturated rings. The first-order chi connectivity index (χ1) is 13.3. The molecular weight excluding hydrogens is 389 g/mol. The predicted molar refractivity (Wildman–Crippen MR) is 117 cm³/mol. The Bertz CT molecular complexity index is 997. The second kappa shape index (κ2) is 7.34. The highest BCUT2D eigenvalue weighted by molar-refractivity contribution is 7.92. The normalized spacial score (nSPS) is 18.0. The molecule has 0 atom stereocenters. The molecule has 29 heavy (non-hydrogen) atoms. The van der Waals surface area contributed by atoms with Gasteiger partial charge in [0.1, 0.15) is 11.5 Å². The van der Waals surface area contributed by atoms with Crippen molar-refractivity contribution in [1.29, 1.82) is 0 Å². The number of aryl methyl sites for hydroxylation is 2. The van der Waals surface area contributed by atoms with E-state index in [4.69, 9.17) is 14.0 Å². The molecule has 0 amide bonds. The molecule has 1 saturated heterocycles. The lowest BCUT2D eigenvalue weighted by Gasteiger charge is -2.32. The molecule has 0 unspecified atom stereocenters. The average molecular weight is 417 g/mol. The van der Waals surface area contributed by atoms with Crippen molar-refractivity contribution < 1.29 is 22.5 Å². The second-order valence-corrected chi connectivity index (χ2v) is 10.3. The Labute approximate surface area is 173 Å². The Kier molecular flexibility index (Phi) is 5.49. The van der Waals surface area contributed by atoms with E-state index in [1.165, 1.54) is 0 Å². The molecule has 0 aromatic heterocycles. The quantitative estimate of drug-likeness (QED) is 0.750. The Morgan fingerprint density at radius 3 is 2.03 bits per heavy atom. The Hall–Kier alpha value is -2.03. The first kappa shape index (κ1) is 21.7. The number of nitrogens with one attached hydrogen (secondary N) is 1. The van der Waals surface area contributed by atoms with Crippen LogP contribution >= 0.6 is 0 Å². The fourth-order valence-electron chi connectivity index (χ4n) is 3.14. The van der Waals surface area contributed by atoms with Crippen LogP contribution in [0.3, 0.4) is 0 Å². The third kappa shape index (κ3) is 4.60. The van der Waals surface area contributed by atoms with Gasteiger partial charge in [-0.25, -0.2) is 8.42 Å². The minimum Gasteiger partial charge on any atom is -0.457 e. The standard InChI is InChI=1S/C21H28BNO5S/c1-14-9-8-10-15(2)19(14)26-18-12-11-16(23-29(7,24)25)13-17(18)22-27-20(3,4)21(5,6)28-22/h8-13,23H,1-7H3. The van der Waals surface area contributed by atoms with Gasteiger partial charge in [-0.05, 0) is 70.9 Å². The summed E-state index contributed by atoms with van der Waals surface area (Å²) < 4.78 is 44.6. The van der Waals surface area contributed by atoms with Gasteiger partial charge in [-0.1, -0.05) is 18.2 Å². The summed E-state index contributed by atoms with van der Waals surface area (Å²) in [7, 11) is -4.11. The van der Waals surface area contributed by atoms with Crippen molar-refractivity contribution in [2.45, 2.75) is 52.7 Å². The van der Waals surface area contributed by atoms with Crippen molar-refractivity contribution in [3.05, 3.63) is 47.5 Å². The van der Waals surface area contributed by atoms with E-state index < -0.39 is 28.3 Å². The largest absolute Gasteiger partial charge is 0.498 e. The molecule has 8 heteroatoms. The molecule has 2 aromatic carbocycles. The van der Waals surface area contributed by atoms with E-state index in [1.54, 1.807) is 18.2 Å². The monoisotopic (exact) mass is 417 g/mol. The summed E-state index contributed by atoms with van der Waals surface area (Å²) >= 11 is 0. The van der Waals surface area contributed by atoms with Crippen molar-refractivity contribution in [2.75, 3.05) is 11.0 Å². The Balaban J connectivity index is 2.06. The molecule has 0 radical (unpaired) electrons. The van der Waals surface area contributed by atoms with Gasteiger partial charge >= 0.3 is 7.12 Å². The SMILES string of the molecule is Cc1cccc(C)c1Oc1ccc(NS(C)(=O)=O)cc1B1OC(C)(C)C(C)(C)O1. The maximum absolute atomic E-state index is 11.7. The first-order valence-electron chi connectivity index (χ1n) is 9.50. The van der Waals surface area contributed by atoms with E-state index in [0.29, 0.717) is 16.9 Å². The zero-order valence-electron chi connectivity index (χ0n) is 18.0. The van der Waals surface area contributed by atoms with Crippen LogP contribution in [0, 0.1) is 13.8 Å². The Morgan fingerprint density at radius 1 is 0.966 bits per heavy atom. The number of hydrogen-bond donors (Lipinski definition) is 1. The highest BCUT2D eigenvalue weighted by Gasteiger charge is 2.52. The molecule has 0 bridgehead atoms. The summed E-state index contributed by atoms with van der Waals surface area (Å²) in [6.07, 6.45) is 1.11. The number of ether oxygens (including phenoxy) is 1. The lowest BCUT2D eigenvalue weighted by Crippen LogP contribution is -2.41. The summed E-state index contributed by atoms with van der Waals surface area (Å²) in [6.45, 7) is 11.8. The van der Waals surface area contributed by atoms with E-state index in [9.17, 15) is 8.42 Å². The summed E-state index contributed by atoms with van der Waals surface area (Å²) in [4.78, 5) is 0. The van der Waals surface area contributed by atoms with Crippen molar-refractivity contribution in [2.24, 2.45) is 0 Å². The van der Waals surface area contributed by atoms with Crippen LogP contribution in [-0.2, 0) is 19.3 Å². The molecule has 6 nitrogen and oxygen atoms in total. The number of benzene rings is 2. The minimum absolute atomic E-state index is 0.422. The van der Waals surface area contributed by atoms with E-state index >= 15 is 0 Å². The highest BCUT2D eigenvalue weighted by Crippen LogP contribution is 2.38. The molecule has 1 aliphatic rings. The molecule has 2 aromatic rings. The third-order valence-electron chi connectivity index (χ3n) is 5.44. The summed E-state index contributed by atoms with van der Waals surface area (Å²) in [5.41, 5.74) is 1.99. The van der Waals surface area contributed by atoms with Gasteiger partial charge in [0.2, 0.25) is 10.0 Å². The molecule has 1 aliphatic heterocycles. The lowest BCUT2D eigenvalue weighted by atomic mass is 9.78. The number of hydrogen-bond acceptors (Lipinski definition) is 5. The van der Waals surface area contributed by atoms with E-state index in [2.05, 4.69) is 4.72 Å². The highest BCUT2D eigenvalue weighted by atomic mass is 32.2. The van der Waals surface area contributed by atoms with Gasteiger partial charge in [-0.3, -0.25) is 4.72 Å². The van der Waals surface area contributed by atoms with Crippen LogP contribution < -0.4 is 14.9 Å². The molecule has 0 saturated carbocycles. The van der Waals surface area contributed by atoms with Crippen molar-refractivity contribution in [3.63, 3.8) is 0 Å². The van der Waals surface area contributed by atoms with E-state index in [-0.39, 0.29) is 0 Å². The van der Waals surface area contributed by atoms with Gasteiger partial charge in [-0.2, -0.15) is 0 Å². The van der Waals surface area contributed by atoms with Gasteiger partial charge in [0.25, 0.3) is 0 Å². The fraction of sp³-hybridized carbons (Fsp3) is 0.429. The molecule has 0 spiro atoms. The van der Waals surface area contributed by atoms with Gasteiger partial charge in [0.05, 0.1) is 17.5 Å². The molecule has 1 heterocycles. The third-order valence-corrected chi connectivity index (χ3v) is 6.05. The summed E-state index contributed by atoms with van der Waals surface area (Å²) in [5.74, 6) is 1.31. The lowest BCUT2D eigenvalue weighted by molar-refractivity contribution is 0.00578. The molecule has 3 rings (SSSR count). The van der Waals surface area contributed by atoms with Crippen LogP contribution in [0.4, 0.5) is 5.69 Å². The smallest absolute Gasteiger partial charge is 0.457 e. The Morgan fingerprint density at radius 2 is 1.52 bits per heavy atom. The van der Waals surface area contributed by atoms with Crippen LogP contribution in [0.1, 0.15) is 38.8 Å². The van der Waals surface area contributed by atoms with E-state index in [1.807, 2.05) is 59.7 Å². The van der Waals surface area contributed by atoms with Gasteiger partial charge in [0, 0.05) is 11.2 Å². The zero-order chi connectivity index (χ0) is 21.6. The second-order valence-electron chi connectivity index (χ2n) is 8.54. The summed E-state index contributed by atoms with van der Waals surface area (Å²) in [6, 6.07) is 11.0. The van der Waals surface area contributed by atoms with Crippen LogP contribution in [-0.4, -0.2) is 33.0 Å². The maximum atomic E-state index is 11.7. The number of para-hydroxylation sites is 1. The average Bonchev–Trinajstić information content (AvgIpc) is 2.78. The van der Waals surface area contributed by atoms with Crippen LogP contribution in [0.25, 0.3) is 0 Å². The van der Waals surface area contributed by atoms with E-state index in [0.717, 1.165) is 23.1 Å². The number of anilines is 1. The topological polar surface area (TPSA) is 73.9 Å². The van der Waals surface area contributed by atoms with Crippen molar-refractivity contribution >= 4 is 28.3 Å².